The van der Waals surface area contributed by atoms with Gasteiger partial charge in [-0.15, -0.1) is 0 Å². The van der Waals surface area contributed by atoms with Gasteiger partial charge in [0.05, 0.1) is 19.0 Å². The molecule has 0 spiro atoms. The Bertz CT molecular complexity index is 1410. The van der Waals surface area contributed by atoms with E-state index in [1.54, 1.807) is 37.4 Å². The minimum absolute atomic E-state index is 0.0382. The van der Waals surface area contributed by atoms with Gasteiger partial charge in [0, 0.05) is 44.3 Å². The normalized spacial score (nSPS) is 17.8. The first-order valence-electron chi connectivity index (χ1n) is 14.7. The van der Waals surface area contributed by atoms with Gasteiger partial charge >= 0.3 is 0 Å². The average molecular weight is 572 g/mol. The van der Waals surface area contributed by atoms with E-state index in [4.69, 9.17) is 9.72 Å². The first kappa shape index (κ1) is 29.3. The molecule has 0 bridgehead atoms. The number of anilines is 4. The number of hydrogen-bond acceptors (Lipinski definition) is 8. The molecule has 10 nitrogen and oxygen atoms in total. The van der Waals surface area contributed by atoms with E-state index in [1.807, 2.05) is 19.1 Å². The monoisotopic (exact) mass is 571 g/mol. The molecule has 1 saturated heterocycles. The van der Waals surface area contributed by atoms with Crippen LogP contribution in [0.15, 0.2) is 54.7 Å². The predicted octanol–water partition coefficient (Wildman–Crippen LogP) is 4.59. The second kappa shape index (κ2) is 12.8. The van der Waals surface area contributed by atoms with E-state index >= 15 is 0 Å². The molecule has 5 rings (SSSR count). The maximum Gasteiger partial charge on any atom is 0.251 e. The van der Waals surface area contributed by atoms with Crippen molar-refractivity contribution < 1.29 is 14.3 Å². The first-order valence-corrected chi connectivity index (χ1v) is 14.7. The third-order valence-corrected chi connectivity index (χ3v) is 8.13. The molecule has 0 radical (unpaired) electrons. The van der Waals surface area contributed by atoms with Crippen molar-refractivity contribution in [3.05, 3.63) is 65.9 Å². The number of ether oxygens (including phenoxy) is 1. The number of rotatable bonds is 9. The number of nitrogens with one attached hydrogen (secondary N) is 2. The fraction of sp³-hybridized carbons (Fsp3) is 0.438. The largest absolute Gasteiger partial charge is 0.495 e. The lowest BCUT2D eigenvalue weighted by molar-refractivity contribution is -0.120. The molecule has 2 aliphatic heterocycles. The quantitative estimate of drug-likeness (QED) is 0.385. The second-order valence-electron chi connectivity index (χ2n) is 11.3. The van der Waals surface area contributed by atoms with Gasteiger partial charge in [-0.25, -0.2) is 4.98 Å². The van der Waals surface area contributed by atoms with E-state index in [0.29, 0.717) is 40.9 Å². The molecule has 2 aliphatic rings. The number of benzene rings is 2. The van der Waals surface area contributed by atoms with Crippen LogP contribution < -0.4 is 25.2 Å². The van der Waals surface area contributed by atoms with Crippen LogP contribution in [-0.4, -0.2) is 72.1 Å². The molecule has 42 heavy (non-hydrogen) atoms. The summed E-state index contributed by atoms with van der Waals surface area (Å²) in [6, 6.07) is 15.7. The lowest BCUT2D eigenvalue weighted by atomic mass is 10.0. The van der Waals surface area contributed by atoms with Gasteiger partial charge in [-0.05, 0) is 56.9 Å². The summed E-state index contributed by atoms with van der Waals surface area (Å²) in [5.74, 6) is 1.53. The molecule has 1 aromatic heterocycles. The fourth-order valence-electron chi connectivity index (χ4n) is 5.84. The van der Waals surface area contributed by atoms with Crippen molar-refractivity contribution in [1.29, 1.82) is 0 Å². The number of hydrogen-bond donors (Lipinski definition) is 2. The molecule has 3 heterocycles. The zero-order valence-corrected chi connectivity index (χ0v) is 25.1. The van der Waals surface area contributed by atoms with Crippen LogP contribution in [0.25, 0.3) is 0 Å². The van der Waals surface area contributed by atoms with Gasteiger partial charge in [-0.2, -0.15) is 4.98 Å². The summed E-state index contributed by atoms with van der Waals surface area (Å²) in [5, 5.41) is 6.45. The highest BCUT2D eigenvalue weighted by Crippen LogP contribution is 2.37. The summed E-state index contributed by atoms with van der Waals surface area (Å²) in [4.78, 5) is 41.5. The standard InChI is InChI=1S/C32H41N7O3/c1-6-26-31(41)37(4)27-19-33-32(36-29(27)39(26)21(2)3)35-25-13-12-23(18-28(25)42-5)30(40)34-24-14-16-38(17-15-24)20-22-10-8-7-9-11-22/h7-13,18-19,21,24,26H,6,14-17,20H2,1-5H3,(H,34,40)(H,33,35,36)/t26-/m1/s1. The molecule has 2 aromatic carbocycles. The summed E-state index contributed by atoms with van der Waals surface area (Å²) in [7, 11) is 3.34. The minimum Gasteiger partial charge on any atom is -0.495 e. The number of likely N-dealkylation sites (N-methyl/N-ethyl adjacent to an activating group) is 1. The Kier molecular flexibility index (Phi) is 8.91. The third kappa shape index (κ3) is 6.18. The smallest absolute Gasteiger partial charge is 0.251 e. The lowest BCUT2D eigenvalue weighted by Gasteiger charge is -2.42. The molecule has 222 valence electrons. The Morgan fingerprint density at radius 1 is 1.12 bits per heavy atom. The summed E-state index contributed by atoms with van der Waals surface area (Å²) < 4.78 is 5.64. The molecule has 10 heteroatoms. The summed E-state index contributed by atoms with van der Waals surface area (Å²) in [5.41, 5.74) is 3.17. The van der Waals surface area contributed by atoms with Crippen molar-refractivity contribution in [2.75, 3.05) is 42.4 Å². The molecule has 2 N–H and O–H groups in total. The number of carbonyl (C=O) groups excluding carboxylic acids is 2. The van der Waals surface area contributed by atoms with Crippen molar-refractivity contribution in [1.82, 2.24) is 20.2 Å². The van der Waals surface area contributed by atoms with Crippen LogP contribution in [0.3, 0.4) is 0 Å². The molecule has 0 aliphatic carbocycles. The Hall–Kier alpha value is -4.18. The van der Waals surface area contributed by atoms with Gasteiger partial charge in [-0.1, -0.05) is 37.3 Å². The van der Waals surface area contributed by atoms with E-state index in [2.05, 4.69) is 63.5 Å². The topological polar surface area (TPSA) is 103 Å². The first-order chi connectivity index (χ1) is 20.3. The van der Waals surface area contributed by atoms with Crippen LogP contribution in [-0.2, 0) is 11.3 Å². The van der Waals surface area contributed by atoms with Gasteiger partial charge in [-0.3, -0.25) is 14.5 Å². The highest BCUT2D eigenvalue weighted by Gasteiger charge is 2.38. The summed E-state index contributed by atoms with van der Waals surface area (Å²) in [6.45, 7) is 8.95. The number of carbonyl (C=O) groups is 2. The van der Waals surface area contributed by atoms with Gasteiger partial charge in [0.1, 0.15) is 17.5 Å². The Labute approximate surface area is 248 Å². The molecule has 0 unspecified atom stereocenters. The third-order valence-electron chi connectivity index (χ3n) is 8.13. The van der Waals surface area contributed by atoms with Crippen molar-refractivity contribution in [2.24, 2.45) is 0 Å². The van der Waals surface area contributed by atoms with Crippen LogP contribution in [0.2, 0.25) is 0 Å². The highest BCUT2D eigenvalue weighted by molar-refractivity contribution is 6.04. The number of piperidine rings is 1. The van der Waals surface area contributed by atoms with Crippen LogP contribution in [0.1, 0.15) is 56.0 Å². The van der Waals surface area contributed by atoms with Gasteiger partial charge in [0.25, 0.3) is 5.91 Å². The van der Waals surface area contributed by atoms with Crippen molar-refractivity contribution in [3.63, 3.8) is 0 Å². The number of methoxy groups -OCH3 is 1. The van der Waals surface area contributed by atoms with Crippen LogP contribution in [0.5, 0.6) is 5.75 Å². The van der Waals surface area contributed by atoms with Gasteiger partial charge in [0.2, 0.25) is 11.9 Å². The fourth-order valence-corrected chi connectivity index (χ4v) is 5.84. The van der Waals surface area contributed by atoms with E-state index in [0.717, 1.165) is 32.5 Å². The average Bonchev–Trinajstić information content (AvgIpc) is 3.00. The predicted molar refractivity (Wildman–Crippen MR) is 166 cm³/mol. The zero-order chi connectivity index (χ0) is 29.8. The van der Waals surface area contributed by atoms with Crippen LogP contribution in [0, 0.1) is 0 Å². The second-order valence-corrected chi connectivity index (χ2v) is 11.3. The minimum atomic E-state index is -0.284. The Morgan fingerprint density at radius 2 is 1.86 bits per heavy atom. The Balaban J connectivity index is 1.25. The molecule has 1 atom stereocenters. The number of fused-ring (bicyclic) bond motifs is 1. The number of amides is 2. The molecule has 0 saturated carbocycles. The summed E-state index contributed by atoms with van der Waals surface area (Å²) in [6.07, 6.45) is 4.18. The molecular weight excluding hydrogens is 530 g/mol. The van der Waals surface area contributed by atoms with E-state index < -0.39 is 0 Å². The zero-order valence-electron chi connectivity index (χ0n) is 25.1. The molecular formula is C32H41N7O3. The van der Waals surface area contributed by atoms with Crippen molar-refractivity contribution >= 4 is 35.0 Å². The Morgan fingerprint density at radius 3 is 2.52 bits per heavy atom. The van der Waals surface area contributed by atoms with Crippen molar-refractivity contribution in [2.45, 2.75) is 64.7 Å². The molecule has 3 aromatic rings. The highest BCUT2D eigenvalue weighted by atomic mass is 16.5. The van der Waals surface area contributed by atoms with E-state index in [1.165, 1.54) is 5.56 Å². The van der Waals surface area contributed by atoms with Crippen molar-refractivity contribution in [3.8, 4) is 5.75 Å². The number of aromatic nitrogens is 2. The summed E-state index contributed by atoms with van der Waals surface area (Å²) >= 11 is 0. The van der Waals surface area contributed by atoms with Crippen LogP contribution in [0.4, 0.5) is 23.1 Å². The molecule has 2 amide bonds. The SMILES string of the molecule is CC[C@@H]1C(=O)N(C)c2cnc(Nc3ccc(C(=O)NC4CCN(Cc5ccccc5)CC4)cc3OC)nc2N1C(C)C. The number of likely N-dealkylation sites (tertiary alicyclic amines) is 1. The van der Waals surface area contributed by atoms with Gasteiger partial charge in [0.15, 0.2) is 5.82 Å². The number of nitrogens with zero attached hydrogens (tertiary/aromatic N) is 5. The lowest BCUT2D eigenvalue weighted by Crippen LogP contribution is -2.54. The van der Waals surface area contributed by atoms with Crippen LogP contribution >= 0.6 is 0 Å². The van der Waals surface area contributed by atoms with Gasteiger partial charge < -0.3 is 25.2 Å². The molecule has 1 fully saturated rings. The van der Waals surface area contributed by atoms with E-state index in [-0.39, 0.29) is 29.9 Å². The maximum absolute atomic E-state index is 13.1. The maximum atomic E-state index is 13.1. The van der Waals surface area contributed by atoms with E-state index in [9.17, 15) is 9.59 Å².